The number of benzene rings is 2. The molecule has 2 aromatic carbocycles. The number of halogens is 1. The molecule has 1 aromatic heterocycles. The van der Waals surface area contributed by atoms with Gasteiger partial charge in [-0.2, -0.15) is 5.10 Å². The number of aromatic nitrogens is 2. The number of fused-ring (bicyclic) bond motifs is 1. The summed E-state index contributed by atoms with van der Waals surface area (Å²) in [7, 11) is 0. The number of carbonyl (C=O) groups excluding carboxylic acids is 1. The molecule has 1 N–H and O–H groups in total. The highest BCUT2D eigenvalue weighted by molar-refractivity contribution is 6.30. The molecule has 0 radical (unpaired) electrons. The predicted octanol–water partition coefficient (Wildman–Crippen LogP) is 5.81. The first kappa shape index (κ1) is 20.1. The lowest BCUT2D eigenvalue weighted by atomic mass is 9.89. The number of hydrogen-bond acceptors (Lipinski definition) is 3. The van der Waals surface area contributed by atoms with Gasteiger partial charge in [0.05, 0.1) is 23.8 Å². The smallest absolute Gasteiger partial charge is 0.259 e. The normalized spacial score (nSPS) is 22.1. The largest absolute Gasteiger partial charge is 0.363 e. The van der Waals surface area contributed by atoms with Crippen LogP contribution >= 0.6 is 11.6 Å². The minimum Gasteiger partial charge on any atom is -0.363 e. The Bertz CT molecular complexity index is 1090. The van der Waals surface area contributed by atoms with Crippen LogP contribution in [-0.2, 0) is 5.54 Å². The van der Waals surface area contributed by atoms with Gasteiger partial charge in [-0.05, 0) is 56.4 Å². The van der Waals surface area contributed by atoms with Gasteiger partial charge in [-0.1, -0.05) is 54.1 Å². The second-order valence-electron chi connectivity index (χ2n) is 9.15. The zero-order chi connectivity index (χ0) is 21.6. The van der Waals surface area contributed by atoms with Crippen molar-refractivity contribution >= 4 is 23.3 Å². The van der Waals surface area contributed by atoms with Crippen LogP contribution < -0.4 is 5.32 Å². The number of hydrogen-bond donors (Lipinski definition) is 1. The van der Waals surface area contributed by atoms with E-state index in [9.17, 15) is 4.79 Å². The van der Waals surface area contributed by atoms with E-state index in [0.29, 0.717) is 10.6 Å². The zero-order valence-corrected chi connectivity index (χ0v) is 18.6. The van der Waals surface area contributed by atoms with Gasteiger partial charge in [0.1, 0.15) is 11.4 Å². The van der Waals surface area contributed by atoms with Crippen LogP contribution in [0.3, 0.4) is 0 Å². The molecule has 1 saturated heterocycles. The number of nitrogens with one attached hydrogen (secondary N) is 1. The monoisotopic (exact) mass is 434 g/mol. The summed E-state index contributed by atoms with van der Waals surface area (Å²) in [6, 6.07) is 18.5. The predicted molar refractivity (Wildman–Crippen MR) is 123 cm³/mol. The molecule has 2 aliphatic heterocycles. The van der Waals surface area contributed by atoms with Crippen molar-refractivity contribution in [2.45, 2.75) is 50.7 Å². The maximum Gasteiger partial charge on any atom is 0.259 e. The fraction of sp³-hybridized carbons (Fsp3) is 0.360. The summed E-state index contributed by atoms with van der Waals surface area (Å²) >= 11 is 6.07. The molecule has 1 amide bonds. The minimum atomic E-state index is -0.194. The van der Waals surface area contributed by atoms with E-state index in [-0.39, 0.29) is 23.5 Å². The van der Waals surface area contributed by atoms with Crippen LogP contribution in [0.5, 0.6) is 0 Å². The van der Waals surface area contributed by atoms with Crippen LogP contribution in [0.4, 0.5) is 5.82 Å². The lowest BCUT2D eigenvalue weighted by Gasteiger charge is -2.38. The van der Waals surface area contributed by atoms with E-state index >= 15 is 0 Å². The standard InChI is InChI=1S/C25H27ClN4O/c1-25(2)15-21(17-7-4-3-5-8-17)28-23-20(16-27-30(23)25)24(31)29-14-6-9-22(29)18-10-12-19(26)13-11-18/h3-5,7-8,10-13,16,21-22,28H,6,9,14-15H2,1-2H3. The molecule has 2 aliphatic rings. The Morgan fingerprint density at radius 3 is 2.58 bits per heavy atom. The van der Waals surface area contributed by atoms with E-state index in [4.69, 9.17) is 11.6 Å². The second-order valence-corrected chi connectivity index (χ2v) is 9.59. The molecule has 0 saturated carbocycles. The Labute approximate surface area is 188 Å². The first-order valence-electron chi connectivity index (χ1n) is 10.9. The summed E-state index contributed by atoms with van der Waals surface area (Å²) < 4.78 is 1.98. The molecule has 0 spiro atoms. The number of amides is 1. The van der Waals surface area contributed by atoms with E-state index in [1.165, 1.54) is 5.56 Å². The van der Waals surface area contributed by atoms with Crippen molar-refractivity contribution in [3.05, 3.63) is 82.5 Å². The second kappa shape index (κ2) is 7.72. The van der Waals surface area contributed by atoms with Crippen molar-refractivity contribution in [1.82, 2.24) is 14.7 Å². The number of anilines is 1. The maximum atomic E-state index is 13.7. The van der Waals surface area contributed by atoms with Crippen LogP contribution in [0.25, 0.3) is 0 Å². The Morgan fingerprint density at radius 2 is 1.84 bits per heavy atom. The van der Waals surface area contributed by atoms with Gasteiger partial charge in [0.2, 0.25) is 0 Å². The zero-order valence-electron chi connectivity index (χ0n) is 17.9. The van der Waals surface area contributed by atoms with Crippen molar-refractivity contribution < 1.29 is 4.79 Å². The van der Waals surface area contributed by atoms with Gasteiger partial charge in [0.25, 0.3) is 5.91 Å². The summed E-state index contributed by atoms with van der Waals surface area (Å²) in [6.45, 7) is 5.12. The first-order valence-corrected chi connectivity index (χ1v) is 11.3. The molecule has 6 heteroatoms. The summed E-state index contributed by atoms with van der Waals surface area (Å²) in [6.07, 6.45) is 4.59. The van der Waals surface area contributed by atoms with Gasteiger partial charge in [-0.3, -0.25) is 4.79 Å². The molecule has 3 aromatic rings. The molecule has 160 valence electrons. The lowest BCUT2D eigenvalue weighted by Crippen LogP contribution is -2.39. The van der Waals surface area contributed by atoms with Gasteiger partial charge < -0.3 is 10.2 Å². The Balaban J connectivity index is 1.47. The third-order valence-electron chi connectivity index (χ3n) is 6.56. The Kier molecular flexibility index (Phi) is 5.01. The molecule has 2 unspecified atom stereocenters. The highest BCUT2D eigenvalue weighted by Crippen LogP contribution is 2.41. The minimum absolute atomic E-state index is 0.0377. The molecular weight excluding hydrogens is 408 g/mol. The summed E-state index contributed by atoms with van der Waals surface area (Å²) in [5, 5.41) is 8.96. The highest BCUT2D eigenvalue weighted by Gasteiger charge is 2.39. The average Bonchev–Trinajstić information content (AvgIpc) is 3.42. The maximum absolute atomic E-state index is 13.7. The van der Waals surface area contributed by atoms with E-state index in [0.717, 1.165) is 37.2 Å². The third kappa shape index (κ3) is 3.61. The molecule has 0 aliphatic carbocycles. The molecule has 0 bridgehead atoms. The number of nitrogens with zero attached hydrogens (tertiary/aromatic N) is 3. The lowest BCUT2D eigenvalue weighted by molar-refractivity contribution is 0.0736. The van der Waals surface area contributed by atoms with Crippen LogP contribution in [0.15, 0.2) is 60.8 Å². The Morgan fingerprint density at radius 1 is 1.10 bits per heavy atom. The van der Waals surface area contributed by atoms with Gasteiger partial charge in [0.15, 0.2) is 0 Å². The van der Waals surface area contributed by atoms with Gasteiger partial charge >= 0.3 is 0 Å². The van der Waals surface area contributed by atoms with Crippen LogP contribution in [-0.4, -0.2) is 27.1 Å². The van der Waals surface area contributed by atoms with Gasteiger partial charge in [-0.25, -0.2) is 4.68 Å². The molecular formula is C25H27ClN4O. The first-order chi connectivity index (χ1) is 14.9. The van der Waals surface area contributed by atoms with Crippen molar-refractivity contribution in [1.29, 1.82) is 0 Å². The van der Waals surface area contributed by atoms with Crippen molar-refractivity contribution in [2.75, 3.05) is 11.9 Å². The molecule has 31 heavy (non-hydrogen) atoms. The van der Waals surface area contributed by atoms with Crippen molar-refractivity contribution in [3.63, 3.8) is 0 Å². The van der Waals surface area contributed by atoms with E-state index in [2.05, 4.69) is 48.5 Å². The molecule has 2 atom stereocenters. The van der Waals surface area contributed by atoms with Gasteiger partial charge in [-0.15, -0.1) is 0 Å². The van der Waals surface area contributed by atoms with E-state index in [1.54, 1.807) is 6.20 Å². The van der Waals surface area contributed by atoms with E-state index < -0.39 is 0 Å². The highest BCUT2D eigenvalue weighted by atomic mass is 35.5. The molecule has 3 heterocycles. The molecule has 5 rings (SSSR count). The van der Waals surface area contributed by atoms with E-state index in [1.807, 2.05) is 39.9 Å². The van der Waals surface area contributed by atoms with Gasteiger partial charge in [0, 0.05) is 11.6 Å². The molecule has 5 nitrogen and oxygen atoms in total. The van der Waals surface area contributed by atoms with Crippen LogP contribution in [0.1, 0.15) is 66.7 Å². The van der Waals surface area contributed by atoms with Crippen LogP contribution in [0.2, 0.25) is 5.02 Å². The quantitative estimate of drug-likeness (QED) is 0.566. The van der Waals surface area contributed by atoms with Crippen LogP contribution in [0, 0.1) is 0 Å². The fourth-order valence-electron chi connectivity index (χ4n) is 4.99. The Hall–Kier alpha value is -2.79. The number of rotatable bonds is 3. The summed E-state index contributed by atoms with van der Waals surface area (Å²) in [5.41, 5.74) is 2.81. The average molecular weight is 435 g/mol. The fourth-order valence-corrected chi connectivity index (χ4v) is 5.11. The topological polar surface area (TPSA) is 50.2 Å². The third-order valence-corrected chi connectivity index (χ3v) is 6.81. The van der Waals surface area contributed by atoms with Crippen molar-refractivity contribution in [3.8, 4) is 0 Å². The van der Waals surface area contributed by atoms with Crippen molar-refractivity contribution in [2.24, 2.45) is 0 Å². The number of carbonyl (C=O) groups is 1. The summed E-state index contributed by atoms with van der Waals surface area (Å²) in [4.78, 5) is 15.7. The SMILES string of the molecule is CC1(C)CC(c2ccccc2)Nc2c(C(=O)N3CCCC3c3ccc(Cl)cc3)cnn21. The molecule has 1 fully saturated rings. The number of likely N-dealkylation sites (tertiary alicyclic amines) is 1. The summed E-state index contributed by atoms with van der Waals surface area (Å²) in [5.74, 6) is 0.854.